The maximum Gasteiger partial charge on any atom is 0.328 e. The number of fused-ring (bicyclic) bond motifs is 1. The summed E-state index contributed by atoms with van der Waals surface area (Å²) in [6, 6.07) is 9.79. The molecule has 1 aliphatic heterocycles. The number of hydrogen-bond acceptors (Lipinski definition) is 5. The fraction of sp³-hybridized carbons (Fsp3) is 0.300. The van der Waals surface area contributed by atoms with E-state index in [0.717, 1.165) is 11.1 Å². The zero-order valence-corrected chi connectivity index (χ0v) is 15.8. The van der Waals surface area contributed by atoms with Crippen molar-refractivity contribution in [2.24, 2.45) is 0 Å². The van der Waals surface area contributed by atoms with Crippen LogP contribution >= 0.6 is 11.6 Å². The summed E-state index contributed by atoms with van der Waals surface area (Å²) in [5.41, 5.74) is 2.92. The Morgan fingerprint density at radius 1 is 1.30 bits per heavy atom. The van der Waals surface area contributed by atoms with Crippen LogP contribution in [-0.2, 0) is 27.5 Å². The SMILES string of the molecule is Cc1cccc(C(=O)N[C@@H](C)C(=O)OCc2cc(Cl)cc3c2OCOC3)c1. The van der Waals surface area contributed by atoms with Gasteiger partial charge in [0.15, 0.2) is 6.79 Å². The summed E-state index contributed by atoms with van der Waals surface area (Å²) in [5, 5.41) is 3.15. The maximum atomic E-state index is 12.3. The third kappa shape index (κ3) is 4.78. The van der Waals surface area contributed by atoms with Gasteiger partial charge in [-0.25, -0.2) is 4.79 Å². The first-order valence-electron chi connectivity index (χ1n) is 8.50. The fourth-order valence-electron chi connectivity index (χ4n) is 2.76. The van der Waals surface area contributed by atoms with Gasteiger partial charge >= 0.3 is 5.97 Å². The lowest BCUT2D eigenvalue weighted by atomic mass is 10.1. The number of benzene rings is 2. The molecule has 1 aliphatic rings. The number of amides is 1. The Hall–Kier alpha value is -2.57. The van der Waals surface area contributed by atoms with Crippen LogP contribution in [0.5, 0.6) is 5.75 Å². The van der Waals surface area contributed by atoms with Crippen molar-refractivity contribution in [1.29, 1.82) is 0 Å². The van der Waals surface area contributed by atoms with Gasteiger partial charge in [0.05, 0.1) is 6.61 Å². The Kier molecular flexibility index (Phi) is 5.98. The van der Waals surface area contributed by atoms with Gasteiger partial charge in [0, 0.05) is 21.7 Å². The molecule has 142 valence electrons. The van der Waals surface area contributed by atoms with E-state index in [4.69, 9.17) is 25.8 Å². The Bertz CT molecular complexity index is 867. The van der Waals surface area contributed by atoms with Crippen molar-refractivity contribution in [1.82, 2.24) is 5.32 Å². The van der Waals surface area contributed by atoms with Gasteiger partial charge in [-0.1, -0.05) is 29.3 Å². The summed E-state index contributed by atoms with van der Waals surface area (Å²) in [7, 11) is 0. The van der Waals surface area contributed by atoms with Crippen LogP contribution in [-0.4, -0.2) is 24.7 Å². The minimum Gasteiger partial charge on any atom is -0.467 e. The largest absolute Gasteiger partial charge is 0.467 e. The van der Waals surface area contributed by atoms with E-state index in [1.54, 1.807) is 37.3 Å². The molecular formula is C20H20ClNO5. The second kappa shape index (κ2) is 8.41. The molecule has 6 nitrogen and oxygen atoms in total. The van der Waals surface area contributed by atoms with Gasteiger partial charge in [0.1, 0.15) is 18.4 Å². The summed E-state index contributed by atoms with van der Waals surface area (Å²) < 4.78 is 16.1. The molecule has 0 bridgehead atoms. The zero-order chi connectivity index (χ0) is 19.4. The highest BCUT2D eigenvalue weighted by Crippen LogP contribution is 2.32. The average molecular weight is 390 g/mol. The molecule has 0 radical (unpaired) electrons. The van der Waals surface area contributed by atoms with Crippen molar-refractivity contribution in [2.45, 2.75) is 33.1 Å². The number of carbonyl (C=O) groups is 2. The second-order valence-corrected chi connectivity index (χ2v) is 6.77. The minimum atomic E-state index is -0.794. The maximum absolute atomic E-state index is 12.3. The molecule has 0 spiro atoms. The van der Waals surface area contributed by atoms with Crippen molar-refractivity contribution in [2.75, 3.05) is 6.79 Å². The lowest BCUT2D eigenvalue weighted by Crippen LogP contribution is -2.39. The molecular weight excluding hydrogens is 370 g/mol. The molecule has 0 unspecified atom stereocenters. The molecule has 1 heterocycles. The van der Waals surface area contributed by atoms with Crippen molar-refractivity contribution in [3.05, 3.63) is 63.7 Å². The highest BCUT2D eigenvalue weighted by atomic mass is 35.5. The van der Waals surface area contributed by atoms with E-state index in [2.05, 4.69) is 5.32 Å². The Balaban J connectivity index is 1.61. The molecule has 0 aliphatic carbocycles. The van der Waals surface area contributed by atoms with Gasteiger partial charge in [0.25, 0.3) is 5.91 Å². The van der Waals surface area contributed by atoms with E-state index in [1.807, 2.05) is 13.0 Å². The molecule has 1 atom stereocenters. The van der Waals surface area contributed by atoms with Crippen molar-refractivity contribution >= 4 is 23.5 Å². The van der Waals surface area contributed by atoms with E-state index < -0.39 is 12.0 Å². The van der Waals surface area contributed by atoms with Crippen LogP contribution in [0, 0.1) is 6.92 Å². The number of rotatable bonds is 5. The van der Waals surface area contributed by atoms with Gasteiger partial charge in [-0.3, -0.25) is 4.79 Å². The highest BCUT2D eigenvalue weighted by Gasteiger charge is 2.21. The van der Waals surface area contributed by atoms with Crippen molar-refractivity contribution < 1.29 is 23.8 Å². The Labute approximate surface area is 162 Å². The number of hydrogen-bond donors (Lipinski definition) is 1. The van der Waals surface area contributed by atoms with Crippen LogP contribution in [0.2, 0.25) is 5.02 Å². The fourth-order valence-corrected chi connectivity index (χ4v) is 3.03. The first kappa shape index (κ1) is 19.2. The number of nitrogens with one attached hydrogen (secondary N) is 1. The molecule has 7 heteroatoms. The lowest BCUT2D eigenvalue weighted by Gasteiger charge is -2.21. The number of aryl methyl sites for hydroxylation is 1. The summed E-state index contributed by atoms with van der Waals surface area (Å²) >= 11 is 6.10. The van der Waals surface area contributed by atoms with E-state index in [1.165, 1.54) is 0 Å². The molecule has 2 aromatic carbocycles. The molecule has 1 amide bonds. The van der Waals surface area contributed by atoms with Crippen LogP contribution in [0.1, 0.15) is 34.0 Å². The molecule has 0 saturated heterocycles. The van der Waals surface area contributed by atoms with Gasteiger partial charge in [-0.2, -0.15) is 0 Å². The first-order chi connectivity index (χ1) is 12.9. The standard InChI is InChI=1S/C20H20ClNO5/c1-12-4-3-5-14(6-12)19(23)22-13(2)20(24)26-10-16-8-17(21)7-15-9-25-11-27-18(15)16/h3-8,13H,9-11H2,1-2H3,(H,22,23)/t13-/m0/s1. The minimum absolute atomic E-state index is 0.00756. The zero-order valence-electron chi connectivity index (χ0n) is 15.1. The van der Waals surface area contributed by atoms with Crippen LogP contribution in [0.15, 0.2) is 36.4 Å². The third-order valence-electron chi connectivity index (χ3n) is 4.10. The topological polar surface area (TPSA) is 73.9 Å². The third-order valence-corrected chi connectivity index (χ3v) is 4.32. The van der Waals surface area contributed by atoms with Crippen molar-refractivity contribution in [3.63, 3.8) is 0 Å². The van der Waals surface area contributed by atoms with Crippen LogP contribution in [0.25, 0.3) is 0 Å². The predicted molar refractivity (Wildman–Crippen MR) is 99.6 cm³/mol. The molecule has 3 rings (SSSR count). The van der Waals surface area contributed by atoms with Gasteiger partial charge < -0.3 is 19.5 Å². The summed E-state index contributed by atoms with van der Waals surface area (Å²) in [6.45, 7) is 3.99. The molecule has 2 aromatic rings. The predicted octanol–water partition coefficient (Wildman–Crippen LogP) is 3.38. The van der Waals surface area contributed by atoms with E-state index in [9.17, 15) is 9.59 Å². The Morgan fingerprint density at radius 2 is 2.11 bits per heavy atom. The summed E-state index contributed by atoms with van der Waals surface area (Å²) in [5.74, 6) is -0.254. The smallest absolute Gasteiger partial charge is 0.328 e. The molecule has 0 aromatic heterocycles. The van der Waals surface area contributed by atoms with E-state index in [0.29, 0.717) is 28.5 Å². The van der Waals surface area contributed by atoms with Gasteiger partial charge in [-0.05, 0) is 38.1 Å². The molecule has 0 saturated carbocycles. The quantitative estimate of drug-likeness (QED) is 0.793. The number of halogens is 1. The van der Waals surface area contributed by atoms with Crippen LogP contribution in [0.3, 0.4) is 0 Å². The first-order valence-corrected chi connectivity index (χ1v) is 8.88. The lowest BCUT2D eigenvalue weighted by molar-refractivity contribution is -0.146. The highest BCUT2D eigenvalue weighted by molar-refractivity contribution is 6.30. The van der Waals surface area contributed by atoms with Crippen LogP contribution < -0.4 is 10.1 Å². The summed E-state index contributed by atoms with van der Waals surface area (Å²) in [4.78, 5) is 24.5. The van der Waals surface area contributed by atoms with E-state index >= 15 is 0 Å². The van der Waals surface area contributed by atoms with Crippen molar-refractivity contribution in [3.8, 4) is 5.75 Å². The molecule has 1 N–H and O–H groups in total. The molecule has 27 heavy (non-hydrogen) atoms. The van der Waals surface area contributed by atoms with Gasteiger partial charge in [-0.15, -0.1) is 0 Å². The average Bonchev–Trinajstić information content (AvgIpc) is 2.65. The number of ether oxygens (including phenoxy) is 3. The number of esters is 1. The normalized spacial score (nSPS) is 13.9. The number of carbonyl (C=O) groups excluding carboxylic acids is 2. The van der Waals surface area contributed by atoms with Gasteiger partial charge in [0.2, 0.25) is 0 Å². The molecule has 0 fully saturated rings. The van der Waals surface area contributed by atoms with Crippen LogP contribution in [0.4, 0.5) is 0 Å². The van der Waals surface area contributed by atoms with E-state index in [-0.39, 0.29) is 19.3 Å². The monoisotopic (exact) mass is 389 g/mol. The summed E-state index contributed by atoms with van der Waals surface area (Å²) in [6.07, 6.45) is 0. The second-order valence-electron chi connectivity index (χ2n) is 6.34. The Morgan fingerprint density at radius 3 is 2.89 bits per heavy atom.